The van der Waals surface area contributed by atoms with E-state index in [1.54, 1.807) is 14.2 Å². The van der Waals surface area contributed by atoms with Crippen LogP contribution >= 0.6 is 0 Å². The van der Waals surface area contributed by atoms with E-state index >= 15 is 0 Å². The third-order valence-corrected chi connectivity index (χ3v) is 3.11. The van der Waals surface area contributed by atoms with Gasteiger partial charge in [0.15, 0.2) is 5.82 Å². The zero-order valence-corrected chi connectivity index (χ0v) is 12.9. The van der Waals surface area contributed by atoms with Gasteiger partial charge in [0.2, 0.25) is 0 Å². The summed E-state index contributed by atoms with van der Waals surface area (Å²) in [7, 11) is 3.26. The van der Waals surface area contributed by atoms with Gasteiger partial charge in [0.25, 0.3) is 0 Å². The van der Waals surface area contributed by atoms with E-state index in [1.165, 1.54) is 0 Å². The Kier molecular flexibility index (Phi) is 4.98. The van der Waals surface area contributed by atoms with Crippen molar-refractivity contribution in [3.05, 3.63) is 30.0 Å². The van der Waals surface area contributed by atoms with Gasteiger partial charge in [-0.2, -0.15) is 0 Å². The number of hydrogen-bond acceptors (Lipinski definition) is 5. The molecule has 1 aromatic carbocycles. The molecule has 5 heteroatoms. The Morgan fingerprint density at radius 3 is 2.14 bits per heavy atom. The molecule has 2 aromatic rings. The van der Waals surface area contributed by atoms with Crippen LogP contribution in [-0.2, 0) is 6.42 Å². The fourth-order valence-electron chi connectivity index (χ4n) is 2.02. The molecule has 0 aliphatic carbocycles. The fraction of sp³-hybridized carbons (Fsp3) is 0.375. The van der Waals surface area contributed by atoms with E-state index in [4.69, 9.17) is 9.47 Å². The maximum absolute atomic E-state index is 5.30. The van der Waals surface area contributed by atoms with Crippen LogP contribution in [0.5, 0.6) is 11.5 Å². The summed E-state index contributed by atoms with van der Waals surface area (Å²) in [5.41, 5.74) is 1.87. The van der Waals surface area contributed by atoms with Gasteiger partial charge in [-0.3, -0.25) is 0 Å². The van der Waals surface area contributed by atoms with E-state index in [1.807, 2.05) is 31.2 Å². The van der Waals surface area contributed by atoms with Crippen LogP contribution in [0.3, 0.4) is 0 Å². The number of nitrogens with zero attached hydrogens (tertiary/aromatic N) is 2. The van der Waals surface area contributed by atoms with Crippen LogP contribution in [0.2, 0.25) is 0 Å². The first kappa shape index (κ1) is 15.1. The molecule has 0 radical (unpaired) electrons. The maximum Gasteiger partial charge on any atom is 0.162 e. The van der Waals surface area contributed by atoms with Crippen molar-refractivity contribution in [2.24, 2.45) is 0 Å². The molecule has 2 rings (SSSR count). The standard InChI is InChI=1S/C16H21N3O2/c1-5-12-9-15(17-6-2)19-16(18-12)11-7-13(20-3)10-14(8-11)21-4/h7-10H,5-6H2,1-4H3,(H,17,18,19). The van der Waals surface area contributed by atoms with Crippen molar-refractivity contribution in [3.8, 4) is 22.9 Å². The number of anilines is 1. The topological polar surface area (TPSA) is 56.3 Å². The molecule has 0 bridgehead atoms. The summed E-state index contributed by atoms with van der Waals surface area (Å²) in [6.45, 7) is 4.94. The van der Waals surface area contributed by atoms with Gasteiger partial charge in [-0.15, -0.1) is 0 Å². The summed E-state index contributed by atoms with van der Waals surface area (Å²) >= 11 is 0. The van der Waals surface area contributed by atoms with E-state index < -0.39 is 0 Å². The fourth-order valence-corrected chi connectivity index (χ4v) is 2.02. The predicted octanol–water partition coefficient (Wildman–Crippen LogP) is 3.16. The van der Waals surface area contributed by atoms with Crippen LogP contribution in [0.1, 0.15) is 19.5 Å². The highest BCUT2D eigenvalue weighted by Crippen LogP contribution is 2.28. The molecule has 0 aliphatic rings. The third kappa shape index (κ3) is 3.62. The smallest absolute Gasteiger partial charge is 0.162 e. The van der Waals surface area contributed by atoms with E-state index in [0.717, 1.165) is 41.5 Å². The number of nitrogens with one attached hydrogen (secondary N) is 1. The van der Waals surface area contributed by atoms with Crippen LogP contribution < -0.4 is 14.8 Å². The minimum absolute atomic E-state index is 0.669. The Bertz CT molecular complexity index is 592. The molecule has 21 heavy (non-hydrogen) atoms. The molecule has 0 saturated heterocycles. The second-order valence-corrected chi connectivity index (χ2v) is 4.55. The lowest BCUT2D eigenvalue weighted by Crippen LogP contribution is -2.04. The number of benzene rings is 1. The molecule has 0 fully saturated rings. The number of rotatable bonds is 6. The van der Waals surface area contributed by atoms with Gasteiger partial charge in [-0.25, -0.2) is 9.97 Å². The Hall–Kier alpha value is -2.30. The molecular weight excluding hydrogens is 266 g/mol. The van der Waals surface area contributed by atoms with Gasteiger partial charge in [0.05, 0.1) is 14.2 Å². The quantitative estimate of drug-likeness (QED) is 0.884. The first-order valence-corrected chi connectivity index (χ1v) is 7.05. The second kappa shape index (κ2) is 6.92. The molecule has 0 unspecified atom stereocenters. The van der Waals surface area contributed by atoms with E-state index in [0.29, 0.717) is 5.82 Å². The molecule has 1 heterocycles. The van der Waals surface area contributed by atoms with Crippen molar-refractivity contribution < 1.29 is 9.47 Å². The van der Waals surface area contributed by atoms with Crippen LogP contribution in [0.15, 0.2) is 24.3 Å². The van der Waals surface area contributed by atoms with E-state index in [-0.39, 0.29) is 0 Å². The number of methoxy groups -OCH3 is 2. The highest BCUT2D eigenvalue weighted by molar-refractivity contribution is 5.62. The zero-order valence-electron chi connectivity index (χ0n) is 12.9. The van der Waals surface area contributed by atoms with Crippen molar-refractivity contribution >= 4 is 5.82 Å². The molecule has 0 atom stereocenters. The van der Waals surface area contributed by atoms with E-state index in [2.05, 4.69) is 22.2 Å². The average Bonchev–Trinajstić information content (AvgIpc) is 2.54. The van der Waals surface area contributed by atoms with Gasteiger partial charge in [-0.1, -0.05) is 6.92 Å². The van der Waals surface area contributed by atoms with Crippen LogP contribution in [-0.4, -0.2) is 30.7 Å². The summed E-state index contributed by atoms with van der Waals surface area (Å²) in [6.07, 6.45) is 0.856. The molecule has 112 valence electrons. The maximum atomic E-state index is 5.30. The molecule has 0 spiro atoms. The number of ether oxygens (including phenoxy) is 2. The molecule has 1 aromatic heterocycles. The lowest BCUT2D eigenvalue weighted by molar-refractivity contribution is 0.394. The Morgan fingerprint density at radius 1 is 0.952 bits per heavy atom. The largest absolute Gasteiger partial charge is 0.497 e. The number of aryl methyl sites for hydroxylation is 1. The van der Waals surface area contributed by atoms with E-state index in [9.17, 15) is 0 Å². The third-order valence-electron chi connectivity index (χ3n) is 3.11. The predicted molar refractivity (Wildman–Crippen MR) is 84.1 cm³/mol. The summed E-state index contributed by atoms with van der Waals surface area (Å²) in [6, 6.07) is 7.63. The van der Waals surface area contributed by atoms with Crippen LogP contribution in [0.25, 0.3) is 11.4 Å². The lowest BCUT2D eigenvalue weighted by atomic mass is 10.1. The van der Waals surface area contributed by atoms with Gasteiger partial charge in [-0.05, 0) is 25.5 Å². The minimum Gasteiger partial charge on any atom is -0.497 e. The van der Waals surface area contributed by atoms with Gasteiger partial charge in [0.1, 0.15) is 17.3 Å². The second-order valence-electron chi connectivity index (χ2n) is 4.55. The summed E-state index contributed by atoms with van der Waals surface area (Å²) in [4.78, 5) is 9.15. The molecule has 0 aliphatic heterocycles. The number of hydrogen-bond donors (Lipinski definition) is 1. The first-order chi connectivity index (χ1) is 10.2. The molecule has 0 amide bonds. The first-order valence-electron chi connectivity index (χ1n) is 7.05. The molecule has 1 N–H and O–H groups in total. The van der Waals surface area contributed by atoms with Crippen molar-refractivity contribution in [2.45, 2.75) is 20.3 Å². The lowest BCUT2D eigenvalue weighted by Gasteiger charge is -2.10. The van der Waals surface area contributed by atoms with Crippen LogP contribution in [0, 0.1) is 0 Å². The Morgan fingerprint density at radius 2 is 1.62 bits per heavy atom. The zero-order chi connectivity index (χ0) is 15.2. The minimum atomic E-state index is 0.669. The highest BCUT2D eigenvalue weighted by Gasteiger charge is 2.09. The Balaban J connectivity index is 2.51. The van der Waals surface area contributed by atoms with Crippen molar-refractivity contribution in [3.63, 3.8) is 0 Å². The molecule has 0 saturated carbocycles. The van der Waals surface area contributed by atoms with Gasteiger partial charge >= 0.3 is 0 Å². The molecular formula is C16H21N3O2. The van der Waals surface area contributed by atoms with Crippen LogP contribution in [0.4, 0.5) is 5.82 Å². The highest BCUT2D eigenvalue weighted by atomic mass is 16.5. The summed E-state index contributed by atoms with van der Waals surface area (Å²) < 4.78 is 10.6. The summed E-state index contributed by atoms with van der Waals surface area (Å²) in [5.74, 6) is 2.95. The SMILES string of the molecule is CCNc1cc(CC)nc(-c2cc(OC)cc(OC)c2)n1. The van der Waals surface area contributed by atoms with Crippen molar-refractivity contribution in [1.29, 1.82) is 0 Å². The average molecular weight is 287 g/mol. The molecule has 5 nitrogen and oxygen atoms in total. The normalized spacial score (nSPS) is 10.3. The summed E-state index contributed by atoms with van der Waals surface area (Å²) in [5, 5.41) is 3.24. The Labute approximate surface area is 125 Å². The van der Waals surface area contributed by atoms with Crippen molar-refractivity contribution in [2.75, 3.05) is 26.1 Å². The van der Waals surface area contributed by atoms with Crippen molar-refractivity contribution in [1.82, 2.24) is 9.97 Å². The van der Waals surface area contributed by atoms with Gasteiger partial charge < -0.3 is 14.8 Å². The number of aromatic nitrogens is 2. The monoisotopic (exact) mass is 287 g/mol. The van der Waals surface area contributed by atoms with Gasteiger partial charge in [0, 0.05) is 29.9 Å².